The van der Waals surface area contributed by atoms with Crippen LogP contribution in [0.25, 0.3) is 0 Å². The molecule has 2 aromatic rings. The summed E-state index contributed by atoms with van der Waals surface area (Å²) in [5.74, 6) is 0. The molecule has 1 aromatic heterocycles. The minimum atomic E-state index is 0.0370. The molecule has 1 aromatic carbocycles. The van der Waals surface area contributed by atoms with E-state index >= 15 is 0 Å². The van der Waals surface area contributed by atoms with Gasteiger partial charge in [-0.25, -0.2) is 0 Å². The van der Waals surface area contributed by atoms with E-state index in [1.807, 2.05) is 41.3 Å². The Morgan fingerprint density at radius 3 is 2.82 bits per heavy atom. The highest BCUT2D eigenvalue weighted by Crippen LogP contribution is 2.23. The minimum Gasteiger partial charge on any atom is -0.268 e. The van der Waals surface area contributed by atoms with E-state index in [0.29, 0.717) is 6.54 Å². The van der Waals surface area contributed by atoms with Crippen LogP contribution in [0, 0.1) is 0 Å². The summed E-state index contributed by atoms with van der Waals surface area (Å²) in [6, 6.07) is 7.79. The normalized spacial score (nSPS) is 12.6. The van der Waals surface area contributed by atoms with Crippen molar-refractivity contribution in [3.63, 3.8) is 0 Å². The second-order valence-electron chi connectivity index (χ2n) is 3.94. The Kier molecular flexibility index (Phi) is 4.08. The predicted molar refractivity (Wildman–Crippen MR) is 71.7 cm³/mol. The fourth-order valence-corrected chi connectivity index (χ4v) is 1.97. The molecule has 1 heterocycles. The highest BCUT2D eigenvalue weighted by atomic mass is 35.5. The van der Waals surface area contributed by atoms with Crippen molar-refractivity contribution in [1.29, 1.82) is 0 Å². The van der Waals surface area contributed by atoms with Crippen molar-refractivity contribution in [3.05, 3.63) is 52.8 Å². The number of alkyl halides is 1. The van der Waals surface area contributed by atoms with Crippen LogP contribution in [0.3, 0.4) is 0 Å². The van der Waals surface area contributed by atoms with Gasteiger partial charge in [0.2, 0.25) is 0 Å². The molecule has 4 heteroatoms. The lowest BCUT2D eigenvalue weighted by molar-refractivity contribution is 0.686. The average Bonchev–Trinajstić information content (AvgIpc) is 2.80. The lowest BCUT2D eigenvalue weighted by Crippen LogP contribution is -2.00. The summed E-state index contributed by atoms with van der Waals surface area (Å²) in [7, 11) is 0. The molecule has 0 amide bonds. The Hall–Kier alpha value is -0.990. The van der Waals surface area contributed by atoms with E-state index in [1.165, 1.54) is 0 Å². The molecule has 1 unspecified atom stereocenters. The molecule has 0 bridgehead atoms. The highest BCUT2D eigenvalue weighted by Gasteiger charge is 2.08. The zero-order valence-corrected chi connectivity index (χ0v) is 11.1. The third-order valence-electron chi connectivity index (χ3n) is 2.66. The largest absolute Gasteiger partial charge is 0.268 e. The molecule has 0 saturated carbocycles. The van der Waals surface area contributed by atoms with E-state index in [9.17, 15) is 0 Å². The summed E-state index contributed by atoms with van der Waals surface area (Å²) in [4.78, 5) is 0. The monoisotopic (exact) mass is 268 g/mol. The molecule has 0 aliphatic carbocycles. The molecular formula is C13H14Cl2N2. The van der Waals surface area contributed by atoms with E-state index in [1.54, 1.807) is 0 Å². The van der Waals surface area contributed by atoms with Gasteiger partial charge in [-0.2, -0.15) is 5.10 Å². The van der Waals surface area contributed by atoms with Gasteiger partial charge in [0.1, 0.15) is 0 Å². The second kappa shape index (κ2) is 5.56. The van der Waals surface area contributed by atoms with Gasteiger partial charge >= 0.3 is 0 Å². The van der Waals surface area contributed by atoms with Crippen LogP contribution in [0.15, 0.2) is 36.7 Å². The molecule has 1 atom stereocenters. The lowest BCUT2D eigenvalue weighted by Gasteiger charge is -2.04. The SMILES string of the molecule is CCC(Cl)c1cnn(Cc2ccccc2Cl)c1. The van der Waals surface area contributed by atoms with Crippen molar-refractivity contribution >= 4 is 23.2 Å². The molecule has 0 fully saturated rings. The molecule has 2 nitrogen and oxygen atoms in total. The van der Waals surface area contributed by atoms with Gasteiger partial charge in [-0.05, 0) is 18.1 Å². The topological polar surface area (TPSA) is 17.8 Å². The summed E-state index contributed by atoms with van der Waals surface area (Å²) in [5.41, 5.74) is 2.12. The van der Waals surface area contributed by atoms with Crippen LogP contribution in [0.4, 0.5) is 0 Å². The molecule has 17 heavy (non-hydrogen) atoms. The maximum absolute atomic E-state index is 6.16. The van der Waals surface area contributed by atoms with Gasteiger partial charge < -0.3 is 0 Å². The van der Waals surface area contributed by atoms with Gasteiger partial charge in [0.15, 0.2) is 0 Å². The number of hydrogen-bond acceptors (Lipinski definition) is 1. The van der Waals surface area contributed by atoms with Gasteiger partial charge in [0.25, 0.3) is 0 Å². The summed E-state index contributed by atoms with van der Waals surface area (Å²) < 4.78 is 1.86. The van der Waals surface area contributed by atoms with Gasteiger partial charge in [0, 0.05) is 16.8 Å². The van der Waals surface area contributed by atoms with Gasteiger partial charge in [-0.1, -0.05) is 36.7 Å². The Morgan fingerprint density at radius 2 is 2.12 bits per heavy atom. The molecule has 0 spiro atoms. The first-order valence-corrected chi connectivity index (χ1v) is 6.42. The van der Waals surface area contributed by atoms with Crippen molar-refractivity contribution in [1.82, 2.24) is 9.78 Å². The number of rotatable bonds is 4. The van der Waals surface area contributed by atoms with E-state index in [4.69, 9.17) is 23.2 Å². The molecule has 0 N–H and O–H groups in total. The summed E-state index contributed by atoms with van der Waals surface area (Å²) in [6.45, 7) is 2.73. The Bertz CT molecular complexity index is 494. The quantitative estimate of drug-likeness (QED) is 0.758. The first-order valence-electron chi connectivity index (χ1n) is 5.60. The fraction of sp³-hybridized carbons (Fsp3) is 0.308. The Labute approximate surface area is 111 Å². The molecule has 2 rings (SSSR count). The van der Waals surface area contributed by atoms with Gasteiger partial charge in [-0.15, -0.1) is 11.6 Å². The first kappa shape index (κ1) is 12.5. The van der Waals surface area contributed by atoms with Crippen LogP contribution in [-0.4, -0.2) is 9.78 Å². The molecule has 90 valence electrons. The van der Waals surface area contributed by atoms with Gasteiger partial charge in [-0.3, -0.25) is 4.68 Å². The zero-order chi connectivity index (χ0) is 12.3. The van der Waals surface area contributed by atoms with Crippen LogP contribution >= 0.6 is 23.2 Å². The van der Waals surface area contributed by atoms with Crippen LogP contribution in [0.2, 0.25) is 5.02 Å². The third kappa shape index (κ3) is 3.02. The van der Waals surface area contributed by atoms with Crippen LogP contribution in [0.1, 0.15) is 29.8 Å². The van der Waals surface area contributed by atoms with E-state index in [-0.39, 0.29) is 5.38 Å². The van der Waals surface area contributed by atoms with Crippen molar-refractivity contribution in [2.45, 2.75) is 25.3 Å². The number of aromatic nitrogens is 2. The van der Waals surface area contributed by atoms with Crippen molar-refractivity contribution < 1.29 is 0 Å². The summed E-state index contributed by atoms with van der Waals surface area (Å²) in [6.07, 6.45) is 4.70. The van der Waals surface area contributed by atoms with Crippen molar-refractivity contribution in [2.24, 2.45) is 0 Å². The summed E-state index contributed by atoms with van der Waals surface area (Å²) in [5, 5.41) is 5.10. The molecule has 0 radical (unpaired) electrons. The molecule has 0 saturated heterocycles. The highest BCUT2D eigenvalue weighted by molar-refractivity contribution is 6.31. The average molecular weight is 269 g/mol. The lowest BCUT2D eigenvalue weighted by atomic mass is 10.2. The molecule has 0 aliphatic heterocycles. The minimum absolute atomic E-state index is 0.0370. The fourth-order valence-electron chi connectivity index (χ4n) is 1.66. The Morgan fingerprint density at radius 1 is 1.35 bits per heavy atom. The maximum Gasteiger partial charge on any atom is 0.0674 e. The zero-order valence-electron chi connectivity index (χ0n) is 9.61. The number of hydrogen-bond donors (Lipinski definition) is 0. The van der Waals surface area contributed by atoms with Crippen LogP contribution in [0.5, 0.6) is 0 Å². The third-order valence-corrected chi connectivity index (χ3v) is 3.59. The van der Waals surface area contributed by atoms with E-state index < -0.39 is 0 Å². The second-order valence-corrected chi connectivity index (χ2v) is 4.87. The molecule has 0 aliphatic rings. The predicted octanol–water partition coefficient (Wildman–Crippen LogP) is 4.27. The number of benzene rings is 1. The van der Waals surface area contributed by atoms with E-state index in [2.05, 4.69) is 12.0 Å². The maximum atomic E-state index is 6.16. The standard InChI is InChI=1S/C13H14Cl2N2/c1-2-12(14)11-7-16-17(9-11)8-10-5-3-4-6-13(10)15/h3-7,9,12H,2,8H2,1H3. The van der Waals surface area contributed by atoms with Gasteiger partial charge in [0.05, 0.1) is 18.1 Å². The number of halogens is 2. The smallest absolute Gasteiger partial charge is 0.0674 e. The first-order chi connectivity index (χ1) is 8.20. The molecular weight excluding hydrogens is 255 g/mol. The van der Waals surface area contributed by atoms with Crippen molar-refractivity contribution in [2.75, 3.05) is 0 Å². The van der Waals surface area contributed by atoms with Crippen LogP contribution in [-0.2, 0) is 6.54 Å². The summed E-state index contributed by atoms with van der Waals surface area (Å²) >= 11 is 12.3. The van der Waals surface area contributed by atoms with E-state index in [0.717, 1.165) is 22.6 Å². The van der Waals surface area contributed by atoms with Crippen molar-refractivity contribution in [3.8, 4) is 0 Å². The van der Waals surface area contributed by atoms with Crippen LogP contribution < -0.4 is 0 Å². The number of nitrogens with zero attached hydrogens (tertiary/aromatic N) is 2. The Balaban J connectivity index is 2.14.